The Labute approximate surface area is 170 Å². The van der Waals surface area contributed by atoms with Gasteiger partial charge in [-0.25, -0.2) is 0 Å². The largest absolute Gasteiger partial charge is 0.496 e. The maximum atomic E-state index is 5.79. The quantitative estimate of drug-likeness (QED) is 0.537. The second kappa shape index (κ2) is 9.03. The van der Waals surface area contributed by atoms with Crippen molar-refractivity contribution in [3.8, 4) is 22.6 Å². The standard InChI is InChI=1S/C26H34O2/c1-27-23-17-10-18-24(28-2)26(23)22-16-9-15-21(19-11-5-3-6-12-19)25(22)20-13-7-4-8-14-20/h9-10,15-20H,3-8,11-14H2,1-2H3. The molecular formula is C26H34O2. The Kier molecular flexibility index (Phi) is 6.24. The van der Waals surface area contributed by atoms with E-state index in [1.807, 2.05) is 6.07 Å². The molecule has 2 heteroatoms. The SMILES string of the molecule is COc1cccc(OC)c1-c1cccc(C2CCCCC2)c1C1CCCCC1. The van der Waals surface area contributed by atoms with Gasteiger partial charge in [-0.05, 0) is 66.3 Å². The molecule has 0 radical (unpaired) electrons. The lowest BCUT2D eigenvalue weighted by molar-refractivity contribution is 0.396. The lowest BCUT2D eigenvalue weighted by Crippen LogP contribution is -2.14. The highest BCUT2D eigenvalue weighted by atomic mass is 16.5. The van der Waals surface area contributed by atoms with Crippen LogP contribution in [0.3, 0.4) is 0 Å². The Balaban J connectivity index is 1.90. The van der Waals surface area contributed by atoms with Gasteiger partial charge in [0.1, 0.15) is 11.5 Å². The highest BCUT2D eigenvalue weighted by molar-refractivity contribution is 5.80. The number of rotatable bonds is 5. The first-order valence-corrected chi connectivity index (χ1v) is 11.2. The summed E-state index contributed by atoms with van der Waals surface area (Å²) in [6, 6.07) is 13.1. The summed E-state index contributed by atoms with van der Waals surface area (Å²) in [4.78, 5) is 0. The summed E-state index contributed by atoms with van der Waals surface area (Å²) in [5, 5.41) is 0. The molecule has 4 rings (SSSR count). The van der Waals surface area contributed by atoms with Crippen molar-refractivity contribution in [3.05, 3.63) is 47.5 Å². The molecular weight excluding hydrogens is 344 g/mol. The van der Waals surface area contributed by atoms with E-state index in [1.54, 1.807) is 25.3 Å². The lowest BCUT2D eigenvalue weighted by Gasteiger charge is -2.32. The molecule has 2 aliphatic carbocycles. The summed E-state index contributed by atoms with van der Waals surface area (Å²) >= 11 is 0. The van der Waals surface area contributed by atoms with E-state index in [9.17, 15) is 0 Å². The van der Waals surface area contributed by atoms with Crippen molar-refractivity contribution < 1.29 is 9.47 Å². The summed E-state index contributed by atoms with van der Waals surface area (Å²) < 4.78 is 11.6. The number of hydrogen-bond acceptors (Lipinski definition) is 2. The maximum absolute atomic E-state index is 5.79. The molecule has 0 spiro atoms. The maximum Gasteiger partial charge on any atom is 0.130 e. The van der Waals surface area contributed by atoms with Crippen LogP contribution in [0.4, 0.5) is 0 Å². The van der Waals surface area contributed by atoms with Crippen LogP contribution in [0, 0.1) is 0 Å². The van der Waals surface area contributed by atoms with E-state index >= 15 is 0 Å². The number of benzene rings is 2. The van der Waals surface area contributed by atoms with Gasteiger partial charge in [-0.2, -0.15) is 0 Å². The van der Waals surface area contributed by atoms with Crippen LogP contribution in [0.15, 0.2) is 36.4 Å². The summed E-state index contributed by atoms with van der Waals surface area (Å²) in [5.41, 5.74) is 5.67. The average molecular weight is 379 g/mol. The van der Waals surface area contributed by atoms with E-state index in [1.165, 1.54) is 69.8 Å². The van der Waals surface area contributed by atoms with E-state index in [0.717, 1.165) is 17.1 Å². The Hall–Kier alpha value is -1.96. The second-order valence-corrected chi connectivity index (χ2v) is 8.52. The molecule has 2 fully saturated rings. The monoisotopic (exact) mass is 378 g/mol. The Morgan fingerprint density at radius 2 is 1.18 bits per heavy atom. The topological polar surface area (TPSA) is 18.5 Å². The summed E-state index contributed by atoms with van der Waals surface area (Å²) in [5.74, 6) is 3.21. The Bertz CT molecular complexity index is 761. The van der Waals surface area contributed by atoms with Crippen molar-refractivity contribution in [2.45, 2.75) is 76.0 Å². The normalized spacial score (nSPS) is 18.8. The molecule has 0 aliphatic heterocycles. The van der Waals surface area contributed by atoms with Crippen LogP contribution < -0.4 is 9.47 Å². The molecule has 0 aromatic heterocycles. The number of hydrogen-bond donors (Lipinski definition) is 0. The second-order valence-electron chi connectivity index (χ2n) is 8.52. The Morgan fingerprint density at radius 3 is 1.75 bits per heavy atom. The molecule has 0 atom stereocenters. The lowest BCUT2D eigenvalue weighted by atomic mass is 9.73. The van der Waals surface area contributed by atoms with Crippen LogP contribution in [-0.2, 0) is 0 Å². The van der Waals surface area contributed by atoms with Crippen LogP contribution in [0.2, 0.25) is 0 Å². The van der Waals surface area contributed by atoms with Gasteiger partial charge in [0.15, 0.2) is 0 Å². The van der Waals surface area contributed by atoms with Crippen LogP contribution in [0.25, 0.3) is 11.1 Å². The Morgan fingerprint density at radius 1 is 0.643 bits per heavy atom. The molecule has 0 unspecified atom stereocenters. The zero-order valence-corrected chi connectivity index (χ0v) is 17.5. The van der Waals surface area contributed by atoms with E-state index in [2.05, 4.69) is 30.3 Å². The van der Waals surface area contributed by atoms with Gasteiger partial charge in [0.05, 0.1) is 19.8 Å². The van der Waals surface area contributed by atoms with Gasteiger partial charge in [0, 0.05) is 0 Å². The molecule has 0 heterocycles. The molecule has 0 saturated heterocycles. The fourth-order valence-electron chi connectivity index (χ4n) is 5.53. The predicted molar refractivity (Wildman–Crippen MR) is 117 cm³/mol. The third-order valence-electron chi connectivity index (χ3n) is 6.90. The average Bonchev–Trinajstić information content (AvgIpc) is 2.79. The van der Waals surface area contributed by atoms with Crippen LogP contribution >= 0.6 is 0 Å². The van der Waals surface area contributed by atoms with Gasteiger partial charge in [-0.15, -0.1) is 0 Å². The van der Waals surface area contributed by atoms with Crippen molar-refractivity contribution in [3.63, 3.8) is 0 Å². The summed E-state index contributed by atoms with van der Waals surface area (Å²) in [6.07, 6.45) is 13.5. The summed E-state index contributed by atoms with van der Waals surface area (Å²) in [6.45, 7) is 0. The molecule has 0 amide bonds. The van der Waals surface area contributed by atoms with E-state index in [-0.39, 0.29) is 0 Å². The zero-order valence-electron chi connectivity index (χ0n) is 17.5. The summed E-state index contributed by atoms with van der Waals surface area (Å²) in [7, 11) is 3.53. The van der Waals surface area contributed by atoms with Gasteiger partial charge >= 0.3 is 0 Å². The minimum absolute atomic E-state index is 0.663. The van der Waals surface area contributed by atoms with E-state index in [0.29, 0.717) is 11.8 Å². The molecule has 2 saturated carbocycles. The first-order valence-electron chi connectivity index (χ1n) is 11.2. The highest BCUT2D eigenvalue weighted by Crippen LogP contribution is 2.48. The zero-order chi connectivity index (χ0) is 19.3. The van der Waals surface area contributed by atoms with Gasteiger partial charge in [0.2, 0.25) is 0 Å². The van der Waals surface area contributed by atoms with Gasteiger partial charge < -0.3 is 9.47 Å². The van der Waals surface area contributed by atoms with Crippen LogP contribution in [0.1, 0.15) is 87.2 Å². The molecule has 0 N–H and O–H groups in total. The minimum atomic E-state index is 0.663. The van der Waals surface area contributed by atoms with Gasteiger partial charge in [-0.3, -0.25) is 0 Å². The van der Waals surface area contributed by atoms with Gasteiger partial charge in [-0.1, -0.05) is 62.8 Å². The molecule has 150 valence electrons. The minimum Gasteiger partial charge on any atom is -0.496 e. The first-order chi connectivity index (χ1) is 13.8. The van der Waals surface area contributed by atoms with Gasteiger partial charge in [0.25, 0.3) is 0 Å². The van der Waals surface area contributed by atoms with Crippen LogP contribution in [-0.4, -0.2) is 14.2 Å². The molecule has 28 heavy (non-hydrogen) atoms. The predicted octanol–water partition coefficient (Wildman–Crippen LogP) is 7.47. The third-order valence-corrected chi connectivity index (χ3v) is 6.90. The number of methoxy groups -OCH3 is 2. The molecule has 2 aliphatic rings. The van der Waals surface area contributed by atoms with Crippen molar-refractivity contribution in [2.75, 3.05) is 14.2 Å². The van der Waals surface area contributed by atoms with Crippen molar-refractivity contribution >= 4 is 0 Å². The fourth-order valence-corrected chi connectivity index (χ4v) is 5.53. The van der Waals surface area contributed by atoms with Crippen molar-refractivity contribution in [1.82, 2.24) is 0 Å². The third kappa shape index (κ3) is 3.79. The molecule has 2 aromatic carbocycles. The first kappa shape index (κ1) is 19.4. The molecule has 0 bridgehead atoms. The van der Waals surface area contributed by atoms with E-state index in [4.69, 9.17) is 9.47 Å². The van der Waals surface area contributed by atoms with E-state index < -0.39 is 0 Å². The van der Waals surface area contributed by atoms with Crippen molar-refractivity contribution in [1.29, 1.82) is 0 Å². The van der Waals surface area contributed by atoms with Crippen LogP contribution in [0.5, 0.6) is 11.5 Å². The molecule has 2 nitrogen and oxygen atoms in total. The highest BCUT2D eigenvalue weighted by Gasteiger charge is 2.28. The number of ether oxygens (including phenoxy) is 2. The smallest absolute Gasteiger partial charge is 0.130 e. The van der Waals surface area contributed by atoms with Crippen molar-refractivity contribution in [2.24, 2.45) is 0 Å². The fraction of sp³-hybridized carbons (Fsp3) is 0.538. The molecule has 2 aromatic rings.